The lowest BCUT2D eigenvalue weighted by Gasteiger charge is -2.05. The van der Waals surface area contributed by atoms with Crippen LogP contribution in [-0.2, 0) is 11.2 Å². The Hall–Kier alpha value is -2.07. The lowest BCUT2D eigenvalue weighted by atomic mass is 10.1. The van der Waals surface area contributed by atoms with Crippen molar-refractivity contribution in [3.63, 3.8) is 0 Å². The number of hydrogen-bond donors (Lipinski definition) is 1. The minimum atomic E-state index is -0.150. The third-order valence-electron chi connectivity index (χ3n) is 3.64. The van der Waals surface area contributed by atoms with E-state index in [4.69, 9.17) is 4.74 Å². The fourth-order valence-corrected chi connectivity index (χ4v) is 2.84. The van der Waals surface area contributed by atoms with E-state index < -0.39 is 0 Å². The van der Waals surface area contributed by atoms with Gasteiger partial charge in [-0.1, -0.05) is 31.5 Å². The topological polar surface area (TPSA) is 38.3 Å². The number of carbonyl (C=O) groups is 1. The molecule has 0 aliphatic carbocycles. The molecule has 0 bridgehead atoms. The van der Waals surface area contributed by atoms with Crippen molar-refractivity contribution in [2.75, 3.05) is 12.4 Å². The first kappa shape index (κ1) is 18.3. The van der Waals surface area contributed by atoms with Gasteiger partial charge in [-0.05, 0) is 70.2 Å². The van der Waals surface area contributed by atoms with E-state index in [1.54, 1.807) is 13.2 Å². The first-order valence-corrected chi connectivity index (χ1v) is 8.83. The number of anilines is 1. The van der Waals surface area contributed by atoms with Gasteiger partial charge in [-0.25, -0.2) is 0 Å². The summed E-state index contributed by atoms with van der Waals surface area (Å²) < 4.78 is 6.05. The van der Waals surface area contributed by atoms with Gasteiger partial charge >= 0.3 is 0 Å². The molecule has 0 radical (unpaired) electrons. The second-order valence-electron chi connectivity index (χ2n) is 5.52. The molecule has 0 saturated heterocycles. The van der Waals surface area contributed by atoms with Gasteiger partial charge in [-0.15, -0.1) is 0 Å². The smallest absolute Gasteiger partial charge is 0.248 e. The Morgan fingerprint density at radius 3 is 2.58 bits per heavy atom. The molecule has 0 aromatic heterocycles. The van der Waals surface area contributed by atoms with Gasteiger partial charge in [0, 0.05) is 11.8 Å². The second kappa shape index (κ2) is 9.28. The zero-order valence-electron chi connectivity index (χ0n) is 14.0. The van der Waals surface area contributed by atoms with Crippen LogP contribution in [0.1, 0.15) is 30.9 Å². The summed E-state index contributed by atoms with van der Waals surface area (Å²) in [6.45, 7) is 2.18. The first-order chi connectivity index (χ1) is 11.6. The molecule has 1 amide bonds. The summed E-state index contributed by atoms with van der Waals surface area (Å²) in [6, 6.07) is 13.7. The molecule has 0 fully saturated rings. The van der Waals surface area contributed by atoms with Crippen LogP contribution < -0.4 is 10.1 Å². The van der Waals surface area contributed by atoms with Gasteiger partial charge < -0.3 is 10.1 Å². The molecule has 3 nitrogen and oxygen atoms in total. The van der Waals surface area contributed by atoms with Crippen molar-refractivity contribution in [2.45, 2.75) is 26.2 Å². The Labute approximate surface area is 151 Å². The van der Waals surface area contributed by atoms with Crippen molar-refractivity contribution < 1.29 is 9.53 Å². The summed E-state index contributed by atoms with van der Waals surface area (Å²) in [7, 11) is 1.62. The number of amides is 1. The van der Waals surface area contributed by atoms with Gasteiger partial charge in [0.1, 0.15) is 5.75 Å². The van der Waals surface area contributed by atoms with Crippen LogP contribution in [0.3, 0.4) is 0 Å². The fraction of sp³-hybridized carbons (Fsp3) is 0.250. The number of ether oxygens (including phenoxy) is 1. The van der Waals surface area contributed by atoms with E-state index in [1.165, 1.54) is 24.5 Å². The third kappa shape index (κ3) is 5.53. The van der Waals surface area contributed by atoms with Gasteiger partial charge in [-0.3, -0.25) is 4.79 Å². The third-order valence-corrected chi connectivity index (χ3v) is 4.26. The van der Waals surface area contributed by atoms with E-state index in [1.807, 2.05) is 30.3 Å². The molecule has 0 unspecified atom stereocenters. The maximum absolute atomic E-state index is 12.0. The van der Waals surface area contributed by atoms with Crippen LogP contribution in [-0.4, -0.2) is 13.0 Å². The number of aryl methyl sites for hydroxylation is 1. The monoisotopic (exact) mass is 387 g/mol. The molecule has 4 heteroatoms. The Bertz CT molecular complexity index is 708. The van der Waals surface area contributed by atoms with Crippen LogP contribution in [0.4, 0.5) is 5.69 Å². The van der Waals surface area contributed by atoms with Gasteiger partial charge in [0.25, 0.3) is 0 Å². The van der Waals surface area contributed by atoms with Crippen molar-refractivity contribution in [1.29, 1.82) is 0 Å². The van der Waals surface area contributed by atoms with E-state index in [-0.39, 0.29) is 5.91 Å². The van der Waals surface area contributed by atoms with E-state index >= 15 is 0 Å². The number of carbonyl (C=O) groups excluding carboxylic acids is 1. The molecule has 1 N–H and O–H groups in total. The Balaban J connectivity index is 1.93. The van der Waals surface area contributed by atoms with E-state index in [9.17, 15) is 4.79 Å². The number of methoxy groups -OCH3 is 1. The summed E-state index contributed by atoms with van der Waals surface area (Å²) >= 11 is 3.43. The van der Waals surface area contributed by atoms with Crippen LogP contribution in [0.5, 0.6) is 5.75 Å². The number of rotatable bonds is 7. The molecule has 0 atom stereocenters. The highest BCUT2D eigenvalue weighted by Gasteiger charge is 2.01. The molecule has 126 valence electrons. The van der Waals surface area contributed by atoms with Crippen LogP contribution in [0.25, 0.3) is 6.08 Å². The Kier molecular flexibility index (Phi) is 7.07. The van der Waals surface area contributed by atoms with Crippen LogP contribution >= 0.6 is 15.9 Å². The number of unbranched alkanes of at least 4 members (excludes halogenated alkanes) is 1. The molecular weight excluding hydrogens is 366 g/mol. The highest BCUT2D eigenvalue weighted by atomic mass is 79.9. The number of nitrogens with one attached hydrogen (secondary N) is 1. The lowest BCUT2D eigenvalue weighted by molar-refractivity contribution is -0.111. The SMILES string of the molecule is CCCCc1ccc(NC(=O)C=Cc2ccc(OC)c(Br)c2)cc1. The highest BCUT2D eigenvalue weighted by Crippen LogP contribution is 2.26. The second-order valence-corrected chi connectivity index (χ2v) is 6.37. The first-order valence-electron chi connectivity index (χ1n) is 8.04. The van der Waals surface area contributed by atoms with E-state index in [2.05, 4.69) is 40.3 Å². The van der Waals surface area contributed by atoms with Crippen LogP contribution in [0, 0.1) is 0 Å². The average molecular weight is 388 g/mol. The molecule has 0 aliphatic heterocycles. The number of benzene rings is 2. The predicted molar refractivity (Wildman–Crippen MR) is 103 cm³/mol. The summed E-state index contributed by atoms with van der Waals surface area (Å²) in [6.07, 6.45) is 6.75. The van der Waals surface area contributed by atoms with Crippen molar-refractivity contribution >= 4 is 33.6 Å². The Morgan fingerprint density at radius 2 is 1.96 bits per heavy atom. The molecule has 24 heavy (non-hydrogen) atoms. The zero-order chi connectivity index (χ0) is 17.4. The summed E-state index contributed by atoms with van der Waals surface area (Å²) in [5.41, 5.74) is 3.03. The van der Waals surface area contributed by atoms with Crippen molar-refractivity contribution in [3.05, 3.63) is 64.1 Å². The molecule has 2 rings (SSSR count). The van der Waals surface area contributed by atoms with Crippen LogP contribution in [0.2, 0.25) is 0 Å². The normalized spacial score (nSPS) is 10.8. The standard InChI is InChI=1S/C20H22BrNO2/c1-3-4-5-15-6-10-17(11-7-15)22-20(23)13-9-16-8-12-19(24-2)18(21)14-16/h6-14H,3-5H2,1-2H3,(H,22,23). The highest BCUT2D eigenvalue weighted by molar-refractivity contribution is 9.10. The lowest BCUT2D eigenvalue weighted by Crippen LogP contribution is -2.07. The van der Waals surface area contributed by atoms with Crippen molar-refractivity contribution in [1.82, 2.24) is 0 Å². The summed E-state index contributed by atoms with van der Waals surface area (Å²) in [5, 5.41) is 2.87. The summed E-state index contributed by atoms with van der Waals surface area (Å²) in [5.74, 6) is 0.614. The molecule has 2 aromatic carbocycles. The molecule has 0 aliphatic rings. The Morgan fingerprint density at radius 1 is 1.21 bits per heavy atom. The minimum absolute atomic E-state index is 0.150. The fourth-order valence-electron chi connectivity index (χ4n) is 2.28. The van der Waals surface area contributed by atoms with Gasteiger partial charge in [-0.2, -0.15) is 0 Å². The molecular formula is C20H22BrNO2. The summed E-state index contributed by atoms with van der Waals surface area (Å²) in [4.78, 5) is 12.0. The van der Waals surface area contributed by atoms with Crippen LogP contribution in [0.15, 0.2) is 53.0 Å². The maximum atomic E-state index is 12.0. The van der Waals surface area contributed by atoms with Gasteiger partial charge in [0.05, 0.1) is 11.6 Å². The van der Waals surface area contributed by atoms with Gasteiger partial charge in [0.15, 0.2) is 0 Å². The maximum Gasteiger partial charge on any atom is 0.248 e. The average Bonchev–Trinajstić information content (AvgIpc) is 2.59. The van der Waals surface area contributed by atoms with E-state index in [0.717, 1.165) is 27.9 Å². The quantitative estimate of drug-likeness (QED) is 0.641. The predicted octanol–water partition coefficient (Wildman–Crippen LogP) is 5.45. The number of hydrogen-bond acceptors (Lipinski definition) is 2. The number of halogens is 1. The zero-order valence-corrected chi connectivity index (χ0v) is 15.6. The minimum Gasteiger partial charge on any atom is -0.496 e. The van der Waals surface area contributed by atoms with E-state index in [0.29, 0.717) is 0 Å². The van der Waals surface area contributed by atoms with Crippen molar-refractivity contribution in [2.24, 2.45) is 0 Å². The molecule has 0 spiro atoms. The van der Waals surface area contributed by atoms with Gasteiger partial charge in [0.2, 0.25) is 5.91 Å². The van der Waals surface area contributed by atoms with Crippen molar-refractivity contribution in [3.8, 4) is 5.75 Å². The largest absolute Gasteiger partial charge is 0.496 e. The molecule has 0 saturated carbocycles. The molecule has 2 aromatic rings. The molecule has 0 heterocycles.